The molecule has 1 aliphatic rings. The lowest BCUT2D eigenvalue weighted by molar-refractivity contribution is -0.179. The van der Waals surface area contributed by atoms with E-state index in [4.69, 9.17) is 0 Å². The monoisotopic (exact) mass is 240 g/mol. The average Bonchev–Trinajstić information content (AvgIpc) is 2.14. The Morgan fingerprint density at radius 3 is 1.94 bits per heavy atom. The van der Waals surface area contributed by atoms with Crippen molar-refractivity contribution < 1.29 is 4.79 Å². The number of Topliss-reactive ketones (excluding diaryl/α,β-unsaturated/α-hetero) is 1. The minimum absolute atomic E-state index is 0.0951. The molecule has 100 valence electrons. The minimum atomic E-state index is -0.351. The summed E-state index contributed by atoms with van der Waals surface area (Å²) in [5.74, 6) is 0.464. The maximum Gasteiger partial charge on any atom is 0.170 e. The largest absolute Gasteiger partial charge is 0.296 e. The van der Waals surface area contributed by atoms with E-state index in [-0.39, 0.29) is 11.6 Å². The van der Waals surface area contributed by atoms with Gasteiger partial charge in [-0.2, -0.15) is 0 Å². The Morgan fingerprint density at radius 2 is 1.71 bits per heavy atom. The standard InChI is InChI=1S/C14H28N2O/c1-10(2)13(17)14(15(7)11(3)4)8-9-16(14)12(5)6/h10-12H,8-9H2,1-7H3. The molecule has 0 radical (unpaired) electrons. The van der Waals surface area contributed by atoms with Crippen LogP contribution in [0.3, 0.4) is 0 Å². The first-order chi connectivity index (χ1) is 7.75. The molecule has 0 amide bonds. The second-order valence-electron chi connectivity index (χ2n) is 6.08. The molecule has 0 aromatic carbocycles. The van der Waals surface area contributed by atoms with Gasteiger partial charge in [0.15, 0.2) is 5.78 Å². The van der Waals surface area contributed by atoms with E-state index in [1.54, 1.807) is 0 Å². The summed E-state index contributed by atoms with van der Waals surface area (Å²) in [6.07, 6.45) is 0.969. The Balaban J connectivity index is 3.06. The normalized spacial score (nSPS) is 26.1. The van der Waals surface area contributed by atoms with Crippen LogP contribution >= 0.6 is 0 Å². The van der Waals surface area contributed by atoms with E-state index in [2.05, 4.69) is 44.5 Å². The van der Waals surface area contributed by atoms with Gasteiger partial charge in [-0.3, -0.25) is 14.6 Å². The summed E-state index contributed by atoms with van der Waals surface area (Å²) in [7, 11) is 2.08. The molecule has 0 spiro atoms. The van der Waals surface area contributed by atoms with Crippen LogP contribution in [-0.4, -0.2) is 46.9 Å². The van der Waals surface area contributed by atoms with Crippen LogP contribution in [0.5, 0.6) is 0 Å². The van der Waals surface area contributed by atoms with Crippen molar-refractivity contribution in [2.45, 2.75) is 65.7 Å². The second-order valence-corrected chi connectivity index (χ2v) is 6.08. The first-order valence-electron chi connectivity index (χ1n) is 6.79. The number of ketones is 1. The van der Waals surface area contributed by atoms with Crippen LogP contribution in [0, 0.1) is 5.92 Å². The van der Waals surface area contributed by atoms with Crippen LogP contribution in [0.15, 0.2) is 0 Å². The lowest BCUT2D eigenvalue weighted by atomic mass is 9.81. The highest BCUT2D eigenvalue weighted by Crippen LogP contribution is 2.39. The summed E-state index contributed by atoms with van der Waals surface area (Å²) in [6.45, 7) is 13.7. The fraction of sp³-hybridized carbons (Fsp3) is 0.929. The SMILES string of the molecule is CC(C)C(=O)C1(N(C)C(C)C)CCN1C(C)C. The summed E-state index contributed by atoms with van der Waals surface area (Å²) in [4.78, 5) is 17.2. The molecule has 1 atom stereocenters. The van der Waals surface area contributed by atoms with Crippen molar-refractivity contribution in [1.29, 1.82) is 0 Å². The van der Waals surface area contributed by atoms with Gasteiger partial charge in [0.25, 0.3) is 0 Å². The maximum absolute atomic E-state index is 12.6. The molecule has 1 rings (SSSR count). The highest BCUT2D eigenvalue weighted by Gasteiger charge is 2.55. The maximum atomic E-state index is 12.6. The van der Waals surface area contributed by atoms with E-state index >= 15 is 0 Å². The molecule has 17 heavy (non-hydrogen) atoms. The molecule has 3 heteroatoms. The van der Waals surface area contributed by atoms with Crippen LogP contribution in [-0.2, 0) is 4.79 Å². The number of hydrogen-bond donors (Lipinski definition) is 0. The third-order valence-corrected chi connectivity index (χ3v) is 4.08. The van der Waals surface area contributed by atoms with E-state index < -0.39 is 0 Å². The van der Waals surface area contributed by atoms with Crippen molar-refractivity contribution >= 4 is 5.78 Å². The number of likely N-dealkylation sites (tertiary alicyclic amines) is 1. The second kappa shape index (κ2) is 5.07. The number of rotatable bonds is 5. The summed E-state index contributed by atoms with van der Waals surface area (Å²) in [5, 5.41) is 0. The Hall–Kier alpha value is -0.410. The Labute approximate surface area is 106 Å². The van der Waals surface area contributed by atoms with Crippen LogP contribution in [0.2, 0.25) is 0 Å². The number of carbonyl (C=O) groups is 1. The van der Waals surface area contributed by atoms with Gasteiger partial charge in [-0.25, -0.2) is 0 Å². The Morgan fingerprint density at radius 1 is 1.18 bits per heavy atom. The van der Waals surface area contributed by atoms with Gasteiger partial charge in [0.05, 0.1) is 0 Å². The van der Waals surface area contributed by atoms with Gasteiger partial charge in [0.2, 0.25) is 0 Å². The zero-order valence-electron chi connectivity index (χ0n) is 12.4. The summed E-state index contributed by atoms with van der Waals surface area (Å²) in [5.41, 5.74) is -0.351. The van der Waals surface area contributed by atoms with E-state index in [0.29, 0.717) is 17.9 Å². The third kappa shape index (κ3) is 2.27. The van der Waals surface area contributed by atoms with Gasteiger partial charge in [-0.05, 0) is 41.2 Å². The molecular formula is C14H28N2O. The third-order valence-electron chi connectivity index (χ3n) is 4.08. The summed E-state index contributed by atoms with van der Waals surface area (Å²) < 4.78 is 0. The first kappa shape index (κ1) is 14.7. The number of likely N-dealkylation sites (N-methyl/N-ethyl adjacent to an activating group) is 1. The van der Waals surface area contributed by atoms with Crippen LogP contribution in [0.1, 0.15) is 48.0 Å². The van der Waals surface area contributed by atoms with E-state index in [0.717, 1.165) is 13.0 Å². The number of nitrogens with zero attached hydrogens (tertiary/aromatic N) is 2. The van der Waals surface area contributed by atoms with E-state index in [1.165, 1.54) is 0 Å². The quantitative estimate of drug-likeness (QED) is 0.737. The lowest BCUT2D eigenvalue weighted by Crippen LogP contribution is -2.75. The van der Waals surface area contributed by atoms with Crippen molar-refractivity contribution in [2.24, 2.45) is 5.92 Å². The molecule has 1 heterocycles. The first-order valence-corrected chi connectivity index (χ1v) is 6.79. The zero-order chi connectivity index (χ0) is 13.4. The molecular weight excluding hydrogens is 212 g/mol. The van der Waals surface area contributed by atoms with Crippen LogP contribution in [0.25, 0.3) is 0 Å². The molecule has 1 aliphatic heterocycles. The molecule has 1 fully saturated rings. The highest BCUT2D eigenvalue weighted by molar-refractivity contribution is 5.90. The van der Waals surface area contributed by atoms with Crippen molar-refractivity contribution in [3.05, 3.63) is 0 Å². The van der Waals surface area contributed by atoms with Gasteiger partial charge in [0.1, 0.15) is 5.66 Å². The predicted molar refractivity (Wildman–Crippen MR) is 71.9 cm³/mol. The van der Waals surface area contributed by atoms with Gasteiger partial charge in [0, 0.05) is 24.5 Å². The lowest BCUT2D eigenvalue weighted by Gasteiger charge is -2.59. The Kier molecular flexibility index (Phi) is 4.37. The zero-order valence-corrected chi connectivity index (χ0v) is 12.4. The van der Waals surface area contributed by atoms with Gasteiger partial charge in [-0.15, -0.1) is 0 Å². The molecule has 0 saturated carbocycles. The molecule has 0 bridgehead atoms. The summed E-state index contributed by atoms with van der Waals surface area (Å²) >= 11 is 0. The fourth-order valence-electron chi connectivity index (χ4n) is 2.85. The number of carbonyl (C=O) groups excluding carboxylic acids is 1. The van der Waals surface area contributed by atoms with Crippen molar-refractivity contribution in [1.82, 2.24) is 9.80 Å². The summed E-state index contributed by atoms with van der Waals surface area (Å²) in [6, 6.07) is 0.812. The smallest absolute Gasteiger partial charge is 0.170 e. The van der Waals surface area contributed by atoms with Gasteiger partial charge in [-0.1, -0.05) is 13.8 Å². The number of hydrogen-bond acceptors (Lipinski definition) is 3. The average molecular weight is 240 g/mol. The molecule has 3 nitrogen and oxygen atoms in total. The van der Waals surface area contributed by atoms with Gasteiger partial charge < -0.3 is 0 Å². The van der Waals surface area contributed by atoms with Crippen molar-refractivity contribution in [2.75, 3.05) is 13.6 Å². The molecule has 0 aromatic rings. The van der Waals surface area contributed by atoms with Crippen molar-refractivity contribution in [3.8, 4) is 0 Å². The topological polar surface area (TPSA) is 23.6 Å². The molecule has 0 N–H and O–H groups in total. The van der Waals surface area contributed by atoms with E-state index in [9.17, 15) is 4.79 Å². The fourth-order valence-corrected chi connectivity index (χ4v) is 2.85. The van der Waals surface area contributed by atoms with Crippen molar-refractivity contribution in [3.63, 3.8) is 0 Å². The van der Waals surface area contributed by atoms with E-state index in [1.807, 2.05) is 13.8 Å². The van der Waals surface area contributed by atoms with Crippen LogP contribution in [0.4, 0.5) is 0 Å². The molecule has 0 aliphatic carbocycles. The highest BCUT2D eigenvalue weighted by atomic mass is 16.1. The van der Waals surface area contributed by atoms with Crippen LogP contribution < -0.4 is 0 Å². The molecule has 1 saturated heterocycles. The Bertz CT molecular complexity index is 274. The molecule has 1 unspecified atom stereocenters. The predicted octanol–water partition coefficient (Wildman–Crippen LogP) is 2.36. The molecule has 0 aromatic heterocycles. The minimum Gasteiger partial charge on any atom is -0.296 e. The van der Waals surface area contributed by atoms with Gasteiger partial charge >= 0.3 is 0 Å².